The van der Waals surface area contributed by atoms with Crippen molar-refractivity contribution in [1.29, 1.82) is 5.26 Å². The largest absolute Gasteiger partial charge is 0.480 e. The van der Waals surface area contributed by atoms with Crippen LogP contribution < -0.4 is 10.6 Å². The molecular weight excluding hydrogens is 306 g/mol. The molecule has 0 aromatic heterocycles. The molecule has 22 heavy (non-hydrogen) atoms. The number of rotatable bonds is 7. The monoisotopic (exact) mass is 321 g/mol. The number of nitrogens with zero attached hydrogens (tertiary/aromatic N) is 1. The van der Waals surface area contributed by atoms with E-state index in [1.54, 1.807) is 12.1 Å². The molecule has 0 radical (unpaired) electrons. The molecule has 0 fully saturated rings. The topological polar surface area (TPSA) is 102 Å². The van der Waals surface area contributed by atoms with Gasteiger partial charge in [-0.1, -0.05) is 23.7 Å². The van der Waals surface area contributed by atoms with E-state index in [-0.39, 0.29) is 5.57 Å². The minimum absolute atomic E-state index is 0.181. The smallest absolute Gasteiger partial charge is 0.325 e. The van der Waals surface area contributed by atoms with Gasteiger partial charge in [0.1, 0.15) is 17.7 Å². The number of carboxylic acids is 1. The Bertz CT molecular complexity index is 623. The van der Waals surface area contributed by atoms with Crippen LogP contribution in [0.25, 0.3) is 0 Å². The zero-order valence-corrected chi connectivity index (χ0v) is 12.7. The minimum atomic E-state index is -1.17. The summed E-state index contributed by atoms with van der Waals surface area (Å²) in [5.41, 5.74) is 0.843. The van der Waals surface area contributed by atoms with Crippen molar-refractivity contribution in [3.8, 4) is 6.07 Å². The molecular formula is C15H16ClN3O3. The Kier molecular flexibility index (Phi) is 6.93. The quantitative estimate of drug-likeness (QED) is 0.401. The molecule has 0 spiro atoms. The third-order valence-corrected chi connectivity index (χ3v) is 3.01. The van der Waals surface area contributed by atoms with E-state index < -0.39 is 17.9 Å². The third-order valence-electron chi connectivity index (χ3n) is 2.78. The van der Waals surface area contributed by atoms with Gasteiger partial charge in [0.15, 0.2) is 0 Å². The van der Waals surface area contributed by atoms with Crippen molar-refractivity contribution in [2.24, 2.45) is 0 Å². The van der Waals surface area contributed by atoms with Crippen LogP contribution in [0.2, 0.25) is 5.02 Å². The average Bonchev–Trinajstić information content (AvgIpc) is 2.47. The lowest BCUT2D eigenvalue weighted by atomic mass is 10.1. The molecule has 1 aromatic rings. The molecule has 0 saturated heterocycles. The first-order chi connectivity index (χ1) is 10.4. The minimum Gasteiger partial charge on any atom is -0.480 e. The normalized spacial score (nSPS) is 12.1. The molecule has 116 valence electrons. The number of nitrogens with one attached hydrogen (secondary N) is 2. The Morgan fingerprint density at radius 1 is 1.50 bits per heavy atom. The SMILES string of the molecule is CC(NC(=O)/C(C#N)=C\NCCc1cccc(Cl)c1)C(=O)O. The molecule has 3 N–H and O–H groups in total. The second-order valence-electron chi connectivity index (χ2n) is 4.54. The van der Waals surface area contributed by atoms with Crippen LogP contribution in [0, 0.1) is 11.3 Å². The van der Waals surface area contributed by atoms with E-state index >= 15 is 0 Å². The number of hydrogen-bond acceptors (Lipinski definition) is 4. The average molecular weight is 322 g/mol. The van der Waals surface area contributed by atoms with Crippen molar-refractivity contribution in [3.63, 3.8) is 0 Å². The van der Waals surface area contributed by atoms with Crippen LogP contribution in [0.5, 0.6) is 0 Å². The fourth-order valence-corrected chi connectivity index (χ4v) is 1.78. The first kappa shape index (κ1) is 17.5. The number of benzene rings is 1. The molecule has 0 aliphatic rings. The van der Waals surface area contributed by atoms with Gasteiger partial charge >= 0.3 is 5.97 Å². The molecule has 1 atom stereocenters. The number of aliphatic carboxylic acids is 1. The highest BCUT2D eigenvalue weighted by atomic mass is 35.5. The van der Waals surface area contributed by atoms with E-state index in [4.69, 9.17) is 22.0 Å². The van der Waals surface area contributed by atoms with Crippen molar-refractivity contribution in [2.75, 3.05) is 6.54 Å². The van der Waals surface area contributed by atoms with E-state index in [9.17, 15) is 9.59 Å². The Morgan fingerprint density at radius 2 is 2.23 bits per heavy atom. The van der Waals surface area contributed by atoms with Gasteiger partial charge in [-0.2, -0.15) is 5.26 Å². The number of hydrogen-bond donors (Lipinski definition) is 3. The van der Waals surface area contributed by atoms with E-state index in [1.807, 2.05) is 18.2 Å². The summed E-state index contributed by atoms with van der Waals surface area (Å²) >= 11 is 5.87. The van der Waals surface area contributed by atoms with Gasteiger partial charge in [0.25, 0.3) is 5.91 Å². The summed E-state index contributed by atoms with van der Waals surface area (Å²) in [4.78, 5) is 22.3. The van der Waals surface area contributed by atoms with E-state index in [0.29, 0.717) is 18.0 Å². The number of carbonyl (C=O) groups excluding carboxylic acids is 1. The Labute approximate surface area is 133 Å². The standard InChI is InChI=1S/C15H16ClN3O3/c1-10(15(21)22)19-14(20)12(8-17)9-18-6-5-11-3-2-4-13(16)7-11/h2-4,7,9-10,18H,5-6H2,1H3,(H,19,20)(H,21,22)/b12-9-. The van der Waals surface area contributed by atoms with Gasteiger partial charge in [-0.25, -0.2) is 0 Å². The number of amides is 1. The summed E-state index contributed by atoms with van der Waals surface area (Å²) < 4.78 is 0. The maximum atomic E-state index is 11.7. The fourth-order valence-electron chi connectivity index (χ4n) is 1.57. The van der Waals surface area contributed by atoms with Gasteiger partial charge in [-0.3, -0.25) is 9.59 Å². The van der Waals surface area contributed by atoms with Crippen LogP contribution in [0.1, 0.15) is 12.5 Å². The molecule has 1 amide bonds. The molecule has 0 saturated carbocycles. The molecule has 0 heterocycles. The van der Waals surface area contributed by atoms with Gasteiger partial charge in [0, 0.05) is 17.8 Å². The van der Waals surface area contributed by atoms with Crippen LogP contribution in [0.3, 0.4) is 0 Å². The van der Waals surface area contributed by atoms with Crippen molar-refractivity contribution in [3.05, 3.63) is 46.6 Å². The zero-order valence-electron chi connectivity index (χ0n) is 12.0. The first-order valence-electron chi connectivity index (χ1n) is 6.55. The maximum Gasteiger partial charge on any atom is 0.325 e. The van der Waals surface area contributed by atoms with E-state index in [1.165, 1.54) is 13.1 Å². The molecule has 1 unspecified atom stereocenters. The highest BCUT2D eigenvalue weighted by Gasteiger charge is 2.16. The van der Waals surface area contributed by atoms with E-state index in [0.717, 1.165) is 5.56 Å². The van der Waals surface area contributed by atoms with Gasteiger partial charge < -0.3 is 15.7 Å². The summed E-state index contributed by atoms with van der Waals surface area (Å²) in [7, 11) is 0. The number of halogens is 1. The lowest BCUT2D eigenvalue weighted by Gasteiger charge is -2.08. The predicted molar refractivity (Wildman–Crippen MR) is 82.1 cm³/mol. The fraction of sp³-hybridized carbons (Fsp3) is 0.267. The van der Waals surface area contributed by atoms with Crippen molar-refractivity contribution >= 4 is 23.5 Å². The summed E-state index contributed by atoms with van der Waals surface area (Å²) in [6.07, 6.45) is 1.94. The molecule has 0 aliphatic heterocycles. The van der Waals surface area contributed by atoms with Crippen molar-refractivity contribution < 1.29 is 14.7 Å². The van der Waals surface area contributed by atoms with Crippen LogP contribution in [0.4, 0.5) is 0 Å². The number of nitriles is 1. The Hall–Kier alpha value is -2.52. The van der Waals surface area contributed by atoms with Crippen LogP contribution in [-0.2, 0) is 16.0 Å². The van der Waals surface area contributed by atoms with Gasteiger partial charge in [0.2, 0.25) is 0 Å². The zero-order chi connectivity index (χ0) is 16.5. The molecule has 7 heteroatoms. The second-order valence-corrected chi connectivity index (χ2v) is 4.97. The van der Waals surface area contributed by atoms with E-state index in [2.05, 4.69) is 10.6 Å². The summed E-state index contributed by atoms with van der Waals surface area (Å²) in [6, 6.07) is 8.04. The summed E-state index contributed by atoms with van der Waals surface area (Å²) in [5, 5.41) is 23.3. The predicted octanol–water partition coefficient (Wildman–Crippen LogP) is 1.47. The van der Waals surface area contributed by atoms with Gasteiger partial charge in [-0.15, -0.1) is 0 Å². The van der Waals surface area contributed by atoms with Crippen molar-refractivity contribution in [2.45, 2.75) is 19.4 Å². The van der Waals surface area contributed by atoms with Gasteiger partial charge in [0.05, 0.1) is 0 Å². The number of carbonyl (C=O) groups is 2. The Morgan fingerprint density at radius 3 is 2.82 bits per heavy atom. The third kappa shape index (κ3) is 5.85. The summed E-state index contributed by atoms with van der Waals surface area (Å²) in [6.45, 7) is 1.83. The lowest BCUT2D eigenvalue weighted by Crippen LogP contribution is -2.39. The molecule has 0 aliphatic carbocycles. The first-order valence-corrected chi connectivity index (χ1v) is 6.93. The maximum absolute atomic E-state index is 11.7. The van der Waals surface area contributed by atoms with Gasteiger partial charge in [-0.05, 0) is 31.0 Å². The molecule has 1 aromatic carbocycles. The van der Waals surface area contributed by atoms with Crippen LogP contribution in [-0.4, -0.2) is 29.6 Å². The highest BCUT2D eigenvalue weighted by Crippen LogP contribution is 2.10. The molecule has 0 bridgehead atoms. The highest BCUT2D eigenvalue weighted by molar-refractivity contribution is 6.30. The lowest BCUT2D eigenvalue weighted by molar-refractivity contribution is -0.140. The van der Waals surface area contributed by atoms with Crippen LogP contribution >= 0.6 is 11.6 Å². The Balaban J connectivity index is 2.50. The van der Waals surface area contributed by atoms with Crippen LogP contribution in [0.15, 0.2) is 36.0 Å². The molecule has 6 nitrogen and oxygen atoms in total. The summed E-state index contributed by atoms with van der Waals surface area (Å²) in [5.74, 6) is -1.90. The van der Waals surface area contributed by atoms with Crippen molar-refractivity contribution in [1.82, 2.24) is 10.6 Å². The molecule has 1 rings (SSSR count). The number of carboxylic acid groups (broad SMARTS) is 1. The second kappa shape index (κ2) is 8.70.